The van der Waals surface area contributed by atoms with Crippen molar-refractivity contribution >= 4 is 23.2 Å². The molecule has 0 aromatic heterocycles. The molecule has 0 aliphatic rings. The van der Waals surface area contributed by atoms with Crippen molar-refractivity contribution in [1.29, 1.82) is 0 Å². The number of hydrogen-bond acceptors (Lipinski definition) is 2. The molecule has 0 heterocycles. The number of carbonyl (C=O) groups excluding carboxylic acids is 2. The minimum atomic E-state index is -0.348. The number of nitrogens with one attached hydrogen (secondary N) is 2. The summed E-state index contributed by atoms with van der Waals surface area (Å²) in [5, 5.41) is 5.42. The Morgan fingerprint density at radius 1 is 0.909 bits per heavy atom. The Bertz CT molecular complexity index is 741. The molecule has 0 fully saturated rings. The first-order chi connectivity index (χ1) is 10.4. The first kappa shape index (κ1) is 15.7. The lowest BCUT2D eigenvalue weighted by Crippen LogP contribution is -2.14. The smallest absolute Gasteiger partial charge is 0.255 e. The van der Waals surface area contributed by atoms with Gasteiger partial charge in [-0.05, 0) is 55.3 Å². The van der Waals surface area contributed by atoms with E-state index in [1.165, 1.54) is 25.1 Å². The summed E-state index contributed by atoms with van der Waals surface area (Å²) in [6, 6.07) is 9.22. The number of carbonyl (C=O) groups is 2. The molecule has 0 aliphatic carbocycles. The second-order valence-corrected chi connectivity index (χ2v) is 5.12. The SMILES string of the molecule is CC(=O)Nc1cc(C(=O)Nc2ccc(F)cc2C)ccc1C. The van der Waals surface area contributed by atoms with Crippen LogP contribution >= 0.6 is 0 Å². The van der Waals surface area contributed by atoms with Crippen LogP contribution in [0.3, 0.4) is 0 Å². The number of halogens is 1. The van der Waals surface area contributed by atoms with Crippen LogP contribution in [0.2, 0.25) is 0 Å². The van der Waals surface area contributed by atoms with Crippen LogP contribution in [-0.4, -0.2) is 11.8 Å². The van der Waals surface area contributed by atoms with Gasteiger partial charge in [-0.3, -0.25) is 9.59 Å². The van der Waals surface area contributed by atoms with Gasteiger partial charge >= 0.3 is 0 Å². The molecule has 0 radical (unpaired) electrons. The molecule has 2 aromatic rings. The van der Waals surface area contributed by atoms with Gasteiger partial charge in [-0.25, -0.2) is 4.39 Å². The Morgan fingerprint density at radius 2 is 1.64 bits per heavy atom. The number of benzene rings is 2. The molecule has 4 nitrogen and oxygen atoms in total. The van der Waals surface area contributed by atoms with Crippen LogP contribution < -0.4 is 10.6 Å². The van der Waals surface area contributed by atoms with Crippen molar-refractivity contribution in [2.75, 3.05) is 10.6 Å². The number of rotatable bonds is 3. The number of hydrogen-bond donors (Lipinski definition) is 2. The Balaban J connectivity index is 2.24. The molecule has 114 valence electrons. The fourth-order valence-electron chi connectivity index (χ4n) is 2.05. The van der Waals surface area contributed by atoms with Gasteiger partial charge in [0.25, 0.3) is 5.91 Å². The summed E-state index contributed by atoms with van der Waals surface area (Å²) in [5.74, 6) is -0.866. The molecule has 0 atom stereocenters. The highest BCUT2D eigenvalue weighted by molar-refractivity contribution is 6.05. The topological polar surface area (TPSA) is 58.2 Å². The summed E-state index contributed by atoms with van der Waals surface area (Å²) in [6.45, 7) is 4.97. The third-order valence-corrected chi connectivity index (χ3v) is 3.25. The van der Waals surface area contributed by atoms with Gasteiger partial charge in [-0.2, -0.15) is 0 Å². The third-order valence-electron chi connectivity index (χ3n) is 3.25. The fourth-order valence-corrected chi connectivity index (χ4v) is 2.05. The van der Waals surface area contributed by atoms with Crippen molar-refractivity contribution < 1.29 is 14.0 Å². The van der Waals surface area contributed by atoms with Gasteiger partial charge in [0.2, 0.25) is 5.91 Å². The highest BCUT2D eigenvalue weighted by Gasteiger charge is 2.11. The number of anilines is 2. The lowest BCUT2D eigenvalue weighted by molar-refractivity contribution is -0.114. The van der Waals surface area contributed by atoms with Crippen LogP contribution in [0.5, 0.6) is 0 Å². The van der Waals surface area contributed by atoms with Crippen LogP contribution in [0, 0.1) is 19.7 Å². The molecular formula is C17H17FN2O2. The van der Waals surface area contributed by atoms with E-state index in [0.717, 1.165) is 5.56 Å². The molecular weight excluding hydrogens is 283 g/mol. The molecule has 0 aliphatic heterocycles. The Morgan fingerprint density at radius 3 is 2.27 bits per heavy atom. The second kappa shape index (κ2) is 6.39. The van der Waals surface area contributed by atoms with Crippen molar-refractivity contribution in [2.24, 2.45) is 0 Å². The molecule has 22 heavy (non-hydrogen) atoms. The Hall–Kier alpha value is -2.69. The number of aryl methyl sites for hydroxylation is 2. The summed E-state index contributed by atoms with van der Waals surface area (Å²) >= 11 is 0. The highest BCUT2D eigenvalue weighted by atomic mass is 19.1. The van der Waals surface area contributed by atoms with Gasteiger partial charge in [0.15, 0.2) is 0 Å². The summed E-state index contributed by atoms with van der Waals surface area (Å²) in [6.07, 6.45) is 0. The lowest BCUT2D eigenvalue weighted by Gasteiger charge is -2.11. The van der Waals surface area contributed by atoms with Crippen molar-refractivity contribution in [3.05, 3.63) is 58.9 Å². The van der Waals surface area contributed by atoms with Crippen LogP contribution in [-0.2, 0) is 4.79 Å². The van der Waals surface area contributed by atoms with E-state index >= 15 is 0 Å². The van der Waals surface area contributed by atoms with E-state index in [0.29, 0.717) is 22.5 Å². The molecule has 0 saturated heterocycles. The maximum Gasteiger partial charge on any atom is 0.255 e. The van der Waals surface area contributed by atoms with Gasteiger partial charge in [0.05, 0.1) is 0 Å². The molecule has 2 rings (SSSR count). The van der Waals surface area contributed by atoms with E-state index in [2.05, 4.69) is 10.6 Å². The molecule has 5 heteroatoms. The molecule has 0 unspecified atom stereocenters. The van der Waals surface area contributed by atoms with Crippen LogP contribution in [0.25, 0.3) is 0 Å². The highest BCUT2D eigenvalue weighted by Crippen LogP contribution is 2.20. The average molecular weight is 300 g/mol. The van der Waals surface area contributed by atoms with Gasteiger partial charge in [0, 0.05) is 23.9 Å². The molecule has 0 saturated carbocycles. The monoisotopic (exact) mass is 300 g/mol. The largest absolute Gasteiger partial charge is 0.326 e. The molecule has 0 bridgehead atoms. The van der Waals surface area contributed by atoms with Crippen molar-refractivity contribution in [3.8, 4) is 0 Å². The van der Waals surface area contributed by atoms with Crippen LogP contribution in [0.15, 0.2) is 36.4 Å². The molecule has 0 spiro atoms. The van der Waals surface area contributed by atoms with E-state index in [4.69, 9.17) is 0 Å². The molecule has 2 amide bonds. The Labute approximate surface area is 128 Å². The first-order valence-corrected chi connectivity index (χ1v) is 6.82. The quantitative estimate of drug-likeness (QED) is 0.909. The van der Waals surface area contributed by atoms with E-state index in [-0.39, 0.29) is 17.6 Å². The molecule has 2 aromatic carbocycles. The van der Waals surface area contributed by atoms with E-state index in [9.17, 15) is 14.0 Å². The van der Waals surface area contributed by atoms with Crippen molar-refractivity contribution in [2.45, 2.75) is 20.8 Å². The predicted octanol–water partition coefficient (Wildman–Crippen LogP) is 3.65. The molecule has 2 N–H and O–H groups in total. The summed E-state index contributed by atoms with van der Waals surface area (Å²) in [5.41, 5.74) is 3.06. The van der Waals surface area contributed by atoms with Crippen LogP contribution in [0.1, 0.15) is 28.4 Å². The summed E-state index contributed by atoms with van der Waals surface area (Å²) in [7, 11) is 0. The van der Waals surface area contributed by atoms with Gasteiger partial charge < -0.3 is 10.6 Å². The van der Waals surface area contributed by atoms with Crippen LogP contribution in [0.4, 0.5) is 15.8 Å². The van der Waals surface area contributed by atoms with Gasteiger partial charge in [-0.1, -0.05) is 6.07 Å². The zero-order valence-corrected chi connectivity index (χ0v) is 12.7. The van der Waals surface area contributed by atoms with Gasteiger partial charge in [-0.15, -0.1) is 0 Å². The lowest BCUT2D eigenvalue weighted by atomic mass is 10.1. The fraction of sp³-hybridized carbons (Fsp3) is 0.176. The van der Waals surface area contributed by atoms with E-state index < -0.39 is 0 Å². The van der Waals surface area contributed by atoms with Crippen molar-refractivity contribution in [3.63, 3.8) is 0 Å². The minimum absolute atomic E-state index is 0.199. The maximum absolute atomic E-state index is 13.1. The first-order valence-electron chi connectivity index (χ1n) is 6.82. The maximum atomic E-state index is 13.1. The summed E-state index contributed by atoms with van der Waals surface area (Å²) < 4.78 is 13.1. The van der Waals surface area contributed by atoms with E-state index in [1.54, 1.807) is 25.1 Å². The zero-order valence-electron chi connectivity index (χ0n) is 12.7. The zero-order chi connectivity index (χ0) is 16.3. The Kier molecular flexibility index (Phi) is 4.56. The third kappa shape index (κ3) is 3.69. The summed E-state index contributed by atoms with van der Waals surface area (Å²) in [4.78, 5) is 23.4. The predicted molar refractivity (Wildman–Crippen MR) is 84.6 cm³/mol. The second-order valence-electron chi connectivity index (χ2n) is 5.12. The normalized spacial score (nSPS) is 10.2. The average Bonchev–Trinajstić information content (AvgIpc) is 2.43. The van der Waals surface area contributed by atoms with Gasteiger partial charge in [0.1, 0.15) is 5.82 Å². The number of amides is 2. The standard InChI is InChI=1S/C17H17FN2O2/c1-10-4-5-13(9-16(10)19-12(3)21)17(22)20-15-7-6-14(18)8-11(15)2/h4-9H,1-3H3,(H,19,21)(H,20,22). The van der Waals surface area contributed by atoms with E-state index in [1.807, 2.05) is 6.92 Å². The van der Waals surface area contributed by atoms with Crippen molar-refractivity contribution in [1.82, 2.24) is 0 Å². The minimum Gasteiger partial charge on any atom is -0.326 e.